The number of hydrogen-bond donors (Lipinski definition) is 1. The maximum Gasteiger partial charge on any atom is 0.191 e. The highest BCUT2D eigenvalue weighted by Gasteiger charge is 2.27. The Bertz CT molecular complexity index is 623. The standard InChI is InChI=1S/C16H19N5.HI/c1-21(14-7-8-14)16(17)20-11-15-18-9-13(10-19-15)12-5-3-2-4-6-12;/h2-6,9-10,14H,7-8,11H2,1H3,(H2,17,20);1H. The Morgan fingerprint density at radius 2 is 1.82 bits per heavy atom. The summed E-state index contributed by atoms with van der Waals surface area (Å²) in [5.41, 5.74) is 8.06. The number of aromatic nitrogens is 2. The first kappa shape index (κ1) is 16.7. The van der Waals surface area contributed by atoms with Crippen molar-refractivity contribution in [2.24, 2.45) is 10.7 Å². The summed E-state index contributed by atoms with van der Waals surface area (Å²) in [5, 5.41) is 0. The fraction of sp³-hybridized carbons (Fsp3) is 0.312. The lowest BCUT2D eigenvalue weighted by molar-refractivity contribution is 0.487. The molecule has 0 saturated heterocycles. The van der Waals surface area contributed by atoms with Gasteiger partial charge in [-0.15, -0.1) is 24.0 Å². The summed E-state index contributed by atoms with van der Waals surface area (Å²) in [6, 6.07) is 10.6. The number of aliphatic imine (C=N–C) groups is 1. The fourth-order valence-electron chi connectivity index (χ4n) is 2.13. The number of benzene rings is 1. The van der Waals surface area contributed by atoms with E-state index in [0.717, 1.165) is 11.1 Å². The molecule has 3 rings (SSSR count). The molecule has 0 unspecified atom stereocenters. The normalized spacial score (nSPS) is 14.3. The Balaban J connectivity index is 0.00000176. The van der Waals surface area contributed by atoms with Crippen LogP contribution in [0, 0.1) is 0 Å². The van der Waals surface area contributed by atoms with Gasteiger partial charge in [-0.3, -0.25) is 0 Å². The molecule has 1 heterocycles. The third kappa shape index (κ3) is 4.16. The van der Waals surface area contributed by atoms with Crippen LogP contribution >= 0.6 is 24.0 Å². The topological polar surface area (TPSA) is 67.4 Å². The van der Waals surface area contributed by atoms with E-state index in [1.807, 2.05) is 54.7 Å². The van der Waals surface area contributed by atoms with Gasteiger partial charge >= 0.3 is 0 Å². The molecule has 1 aliphatic carbocycles. The van der Waals surface area contributed by atoms with Crippen LogP contribution in [-0.2, 0) is 6.54 Å². The summed E-state index contributed by atoms with van der Waals surface area (Å²) in [6.45, 7) is 0.415. The fourth-order valence-corrected chi connectivity index (χ4v) is 2.13. The van der Waals surface area contributed by atoms with Crippen LogP contribution in [0.3, 0.4) is 0 Å². The third-order valence-electron chi connectivity index (χ3n) is 3.65. The van der Waals surface area contributed by atoms with Crippen molar-refractivity contribution in [2.45, 2.75) is 25.4 Å². The molecule has 2 aromatic rings. The second-order valence-corrected chi connectivity index (χ2v) is 5.27. The van der Waals surface area contributed by atoms with E-state index in [4.69, 9.17) is 5.73 Å². The van der Waals surface area contributed by atoms with Crippen LogP contribution in [0.15, 0.2) is 47.7 Å². The number of rotatable bonds is 4. The van der Waals surface area contributed by atoms with Crippen LogP contribution in [0.4, 0.5) is 0 Å². The zero-order valence-electron chi connectivity index (χ0n) is 12.5. The van der Waals surface area contributed by atoms with Crippen molar-refractivity contribution in [1.82, 2.24) is 14.9 Å². The predicted octanol–water partition coefficient (Wildman–Crippen LogP) is 2.67. The quantitative estimate of drug-likeness (QED) is 0.479. The van der Waals surface area contributed by atoms with Crippen molar-refractivity contribution < 1.29 is 0 Å². The Labute approximate surface area is 147 Å². The first-order valence-corrected chi connectivity index (χ1v) is 7.13. The molecule has 2 N–H and O–H groups in total. The van der Waals surface area contributed by atoms with Crippen LogP contribution in [0.5, 0.6) is 0 Å². The lowest BCUT2D eigenvalue weighted by atomic mass is 10.1. The monoisotopic (exact) mass is 409 g/mol. The third-order valence-corrected chi connectivity index (χ3v) is 3.65. The van der Waals surface area contributed by atoms with Gasteiger partial charge in [0.1, 0.15) is 12.4 Å². The molecule has 116 valence electrons. The number of hydrogen-bond acceptors (Lipinski definition) is 3. The zero-order valence-corrected chi connectivity index (χ0v) is 14.8. The van der Waals surface area contributed by atoms with Crippen molar-refractivity contribution in [3.63, 3.8) is 0 Å². The van der Waals surface area contributed by atoms with E-state index in [1.165, 1.54) is 12.8 Å². The average molecular weight is 409 g/mol. The van der Waals surface area contributed by atoms with E-state index in [2.05, 4.69) is 15.0 Å². The van der Waals surface area contributed by atoms with E-state index < -0.39 is 0 Å². The Kier molecular flexibility index (Phi) is 5.70. The number of halogens is 1. The van der Waals surface area contributed by atoms with Crippen molar-refractivity contribution >= 4 is 29.9 Å². The molecule has 0 atom stereocenters. The average Bonchev–Trinajstić information content (AvgIpc) is 3.38. The minimum Gasteiger partial charge on any atom is -0.370 e. The van der Waals surface area contributed by atoms with Crippen molar-refractivity contribution in [3.8, 4) is 11.1 Å². The molecule has 6 heteroatoms. The largest absolute Gasteiger partial charge is 0.370 e. The van der Waals surface area contributed by atoms with Gasteiger partial charge in [0.15, 0.2) is 5.96 Å². The lowest BCUT2D eigenvalue weighted by Gasteiger charge is -2.16. The maximum atomic E-state index is 5.95. The summed E-state index contributed by atoms with van der Waals surface area (Å²) in [7, 11) is 1.98. The Morgan fingerprint density at radius 3 is 2.41 bits per heavy atom. The molecular formula is C16H20IN5. The molecule has 22 heavy (non-hydrogen) atoms. The molecule has 1 saturated carbocycles. The number of nitrogens with zero attached hydrogens (tertiary/aromatic N) is 4. The van der Waals surface area contributed by atoms with E-state index >= 15 is 0 Å². The van der Waals surface area contributed by atoms with Crippen LogP contribution in [0.2, 0.25) is 0 Å². The summed E-state index contributed by atoms with van der Waals surface area (Å²) < 4.78 is 0. The molecule has 5 nitrogen and oxygen atoms in total. The van der Waals surface area contributed by atoms with Gasteiger partial charge in [-0.2, -0.15) is 0 Å². The van der Waals surface area contributed by atoms with E-state index in [0.29, 0.717) is 24.4 Å². The number of guanidine groups is 1. The maximum absolute atomic E-state index is 5.95. The van der Waals surface area contributed by atoms with Gasteiger partial charge in [-0.25, -0.2) is 15.0 Å². The van der Waals surface area contributed by atoms with Crippen molar-refractivity contribution in [2.75, 3.05) is 7.05 Å². The van der Waals surface area contributed by atoms with Gasteiger partial charge < -0.3 is 10.6 Å². The highest BCUT2D eigenvalue weighted by Crippen LogP contribution is 2.24. The molecule has 0 spiro atoms. The van der Waals surface area contributed by atoms with E-state index in [-0.39, 0.29) is 24.0 Å². The highest BCUT2D eigenvalue weighted by atomic mass is 127. The summed E-state index contributed by atoms with van der Waals surface area (Å²) in [4.78, 5) is 15.1. The second kappa shape index (κ2) is 7.53. The highest BCUT2D eigenvalue weighted by molar-refractivity contribution is 14.0. The predicted molar refractivity (Wildman–Crippen MR) is 99.0 cm³/mol. The molecule has 1 aliphatic rings. The molecular weight excluding hydrogens is 389 g/mol. The molecule has 0 radical (unpaired) electrons. The second-order valence-electron chi connectivity index (χ2n) is 5.27. The van der Waals surface area contributed by atoms with Crippen molar-refractivity contribution in [1.29, 1.82) is 0 Å². The molecule has 0 bridgehead atoms. The van der Waals surface area contributed by atoms with Crippen molar-refractivity contribution in [3.05, 3.63) is 48.5 Å². The van der Waals surface area contributed by atoms with E-state index in [1.54, 1.807) is 0 Å². The minimum absolute atomic E-state index is 0. The summed E-state index contributed by atoms with van der Waals surface area (Å²) in [5.74, 6) is 1.25. The Hall–Kier alpha value is -1.70. The molecule has 1 aromatic carbocycles. The summed E-state index contributed by atoms with van der Waals surface area (Å²) in [6.07, 6.45) is 6.06. The molecule has 1 fully saturated rings. The molecule has 0 amide bonds. The first-order chi connectivity index (χ1) is 10.2. The van der Waals surface area contributed by atoms with Crippen LogP contribution < -0.4 is 5.73 Å². The Morgan fingerprint density at radius 1 is 1.18 bits per heavy atom. The smallest absolute Gasteiger partial charge is 0.191 e. The van der Waals surface area contributed by atoms with Crippen LogP contribution in [0.25, 0.3) is 11.1 Å². The van der Waals surface area contributed by atoms with Gasteiger partial charge in [0, 0.05) is 31.0 Å². The van der Waals surface area contributed by atoms with Gasteiger partial charge in [0.2, 0.25) is 0 Å². The molecule has 0 aliphatic heterocycles. The number of nitrogens with two attached hydrogens (primary N) is 1. The lowest BCUT2D eigenvalue weighted by Crippen LogP contribution is -2.35. The SMILES string of the molecule is CN(C(N)=NCc1ncc(-c2ccccc2)cn1)C1CC1.I. The van der Waals surface area contributed by atoms with Gasteiger partial charge in [-0.1, -0.05) is 30.3 Å². The van der Waals surface area contributed by atoms with Crippen LogP contribution in [0.1, 0.15) is 18.7 Å². The van der Waals surface area contributed by atoms with Gasteiger partial charge in [-0.05, 0) is 18.4 Å². The minimum atomic E-state index is 0. The summed E-state index contributed by atoms with van der Waals surface area (Å²) >= 11 is 0. The van der Waals surface area contributed by atoms with Gasteiger partial charge in [0.25, 0.3) is 0 Å². The first-order valence-electron chi connectivity index (χ1n) is 7.13. The van der Waals surface area contributed by atoms with E-state index in [9.17, 15) is 0 Å². The molecule has 1 aromatic heterocycles. The van der Waals surface area contributed by atoms with Gasteiger partial charge in [0.05, 0.1) is 0 Å². The van der Waals surface area contributed by atoms with Crippen LogP contribution in [-0.4, -0.2) is 33.9 Å². The zero-order chi connectivity index (χ0) is 14.7.